The summed E-state index contributed by atoms with van der Waals surface area (Å²) in [7, 11) is 0. The molecule has 0 spiro atoms. The molecule has 0 amide bonds. The lowest BCUT2D eigenvalue weighted by Crippen LogP contribution is -2.94. The van der Waals surface area contributed by atoms with Crippen LogP contribution >= 0.6 is 0 Å². The molecular formula is C10F17. The largest absolute Gasteiger partial charge is 0.382 e. The van der Waals surface area contributed by atoms with Crippen molar-refractivity contribution in [3.8, 4) is 0 Å². The Balaban J connectivity index is 3.14. The third-order valence-corrected chi connectivity index (χ3v) is 4.32. The van der Waals surface area contributed by atoms with Crippen molar-refractivity contribution in [3.05, 3.63) is 6.17 Å². The van der Waals surface area contributed by atoms with Crippen LogP contribution in [-0.4, -0.2) is 52.8 Å². The van der Waals surface area contributed by atoms with E-state index in [1.165, 1.54) is 0 Å². The van der Waals surface area contributed by atoms with Gasteiger partial charge in [-0.05, 0) is 0 Å². The van der Waals surface area contributed by atoms with E-state index in [0.29, 0.717) is 0 Å². The molecule has 27 heavy (non-hydrogen) atoms. The second-order valence-corrected chi connectivity index (χ2v) is 5.65. The van der Waals surface area contributed by atoms with Gasteiger partial charge in [-0.1, -0.05) is 0 Å². The highest BCUT2D eigenvalue weighted by Crippen LogP contribution is 2.80. The van der Waals surface area contributed by atoms with Crippen LogP contribution in [0.2, 0.25) is 0 Å². The molecule has 17 heteroatoms. The minimum atomic E-state index is -8.27. The average molecular weight is 443 g/mol. The minimum Gasteiger partial charge on any atom is -0.229 e. The minimum absolute atomic E-state index is 5.44. The number of fused-ring (bicyclic) bond motifs is 1. The zero-order valence-electron chi connectivity index (χ0n) is 11.4. The summed E-state index contributed by atoms with van der Waals surface area (Å²) in [5, 5.41) is 0. The smallest absolute Gasteiger partial charge is 0.229 e. The summed E-state index contributed by atoms with van der Waals surface area (Å²) in [6, 6.07) is 0. The van der Waals surface area contributed by atoms with Gasteiger partial charge in [0, 0.05) is 0 Å². The normalized spacial score (nSPS) is 43.0. The van der Waals surface area contributed by atoms with E-state index in [0.717, 1.165) is 0 Å². The van der Waals surface area contributed by atoms with Crippen molar-refractivity contribution in [2.75, 3.05) is 0 Å². The average Bonchev–Trinajstić information content (AvgIpc) is 2.48. The Morgan fingerprint density at radius 1 is 0.370 bits per heavy atom. The van der Waals surface area contributed by atoms with Gasteiger partial charge in [-0.25, -0.2) is 13.2 Å². The standard InChI is InChI=1S/C10F17/c11-1-2(12)4(15,7(20,21)6(18,19)3(1,13)14)8(22,23)10(26,27)9(24,25)5(2,16)17. The highest BCUT2D eigenvalue weighted by atomic mass is 19.4. The summed E-state index contributed by atoms with van der Waals surface area (Å²) in [6.45, 7) is 0. The van der Waals surface area contributed by atoms with Crippen LogP contribution in [0.15, 0.2) is 0 Å². The number of halogens is 17. The van der Waals surface area contributed by atoms with Crippen molar-refractivity contribution in [3.63, 3.8) is 0 Å². The van der Waals surface area contributed by atoms with Crippen LogP contribution in [0, 0.1) is 6.17 Å². The van der Waals surface area contributed by atoms with Gasteiger partial charge in [0.2, 0.25) is 0 Å². The second-order valence-electron chi connectivity index (χ2n) is 5.65. The summed E-state index contributed by atoms with van der Waals surface area (Å²) >= 11 is 0. The van der Waals surface area contributed by atoms with Gasteiger partial charge in [-0.3, -0.25) is 0 Å². The van der Waals surface area contributed by atoms with E-state index in [9.17, 15) is 74.6 Å². The first kappa shape index (κ1) is 22.1. The van der Waals surface area contributed by atoms with Gasteiger partial charge in [0.1, 0.15) is 0 Å². The Morgan fingerprint density at radius 2 is 0.667 bits per heavy atom. The van der Waals surface area contributed by atoms with Crippen LogP contribution < -0.4 is 0 Å². The molecule has 2 rings (SSSR count). The molecule has 0 heterocycles. The second kappa shape index (κ2) is 4.52. The van der Waals surface area contributed by atoms with E-state index < -0.39 is 59.0 Å². The van der Waals surface area contributed by atoms with E-state index in [1.54, 1.807) is 0 Å². The lowest BCUT2D eigenvalue weighted by Gasteiger charge is -2.61. The molecule has 0 aliphatic heterocycles. The predicted molar refractivity (Wildman–Crippen MR) is 46.7 cm³/mol. The summed E-state index contributed by atoms with van der Waals surface area (Å²) < 4.78 is 227. The molecule has 0 aromatic heterocycles. The van der Waals surface area contributed by atoms with Crippen molar-refractivity contribution >= 4 is 0 Å². The monoisotopic (exact) mass is 443 g/mol. The van der Waals surface area contributed by atoms with Gasteiger partial charge >= 0.3 is 41.5 Å². The van der Waals surface area contributed by atoms with E-state index in [2.05, 4.69) is 0 Å². The predicted octanol–water partition coefficient (Wildman–Crippen LogP) is 5.38. The first-order valence-electron chi connectivity index (χ1n) is 5.96. The first-order valence-corrected chi connectivity index (χ1v) is 5.96. The molecule has 2 fully saturated rings. The van der Waals surface area contributed by atoms with E-state index in [-0.39, 0.29) is 0 Å². The molecule has 2 aliphatic carbocycles. The van der Waals surface area contributed by atoms with Crippen molar-refractivity contribution in [1.82, 2.24) is 0 Å². The third-order valence-electron chi connectivity index (χ3n) is 4.32. The van der Waals surface area contributed by atoms with Crippen molar-refractivity contribution in [1.29, 1.82) is 0 Å². The van der Waals surface area contributed by atoms with Gasteiger partial charge in [0.15, 0.2) is 0 Å². The SMILES string of the molecule is F[C]1C(F)(F)C(F)(F)C(F)(F)C2(F)C(F)(F)C(F)(F)C(F)(F)C(F)(F)C12F. The number of rotatable bonds is 0. The van der Waals surface area contributed by atoms with Crippen LogP contribution in [0.4, 0.5) is 74.6 Å². The quantitative estimate of drug-likeness (QED) is 0.442. The van der Waals surface area contributed by atoms with Crippen LogP contribution in [0.1, 0.15) is 0 Å². The summed E-state index contributed by atoms with van der Waals surface area (Å²) in [6.07, 6.45) is -5.44. The first-order chi connectivity index (χ1) is 11.4. The lowest BCUT2D eigenvalue weighted by atomic mass is 9.55. The fourth-order valence-corrected chi connectivity index (χ4v) is 2.73. The zero-order chi connectivity index (χ0) is 22.1. The van der Waals surface area contributed by atoms with Gasteiger partial charge in [-0.2, -0.15) is 61.5 Å². The number of hydrogen-bond acceptors (Lipinski definition) is 0. The Kier molecular flexibility index (Phi) is 3.70. The van der Waals surface area contributed by atoms with Crippen molar-refractivity contribution in [2.24, 2.45) is 0 Å². The Hall–Kier alpha value is -1.19. The maximum atomic E-state index is 14.1. The molecule has 0 aromatic carbocycles. The van der Waals surface area contributed by atoms with Crippen LogP contribution in [0.5, 0.6) is 0 Å². The highest BCUT2D eigenvalue weighted by molar-refractivity contribution is 5.45. The summed E-state index contributed by atoms with van der Waals surface area (Å²) in [4.78, 5) is 0. The van der Waals surface area contributed by atoms with Gasteiger partial charge in [-0.15, -0.1) is 0 Å². The zero-order valence-corrected chi connectivity index (χ0v) is 11.4. The van der Waals surface area contributed by atoms with Crippen molar-refractivity contribution in [2.45, 2.75) is 52.8 Å². The van der Waals surface area contributed by atoms with Crippen molar-refractivity contribution < 1.29 is 74.6 Å². The highest BCUT2D eigenvalue weighted by Gasteiger charge is 3.11. The Labute approximate surface area is 135 Å². The van der Waals surface area contributed by atoms with Gasteiger partial charge in [0.05, 0.1) is 0 Å². The summed E-state index contributed by atoms with van der Waals surface area (Å²) in [5.41, 5.74) is -16.3. The van der Waals surface area contributed by atoms with E-state index in [1.807, 2.05) is 0 Å². The fourth-order valence-electron chi connectivity index (χ4n) is 2.73. The number of alkyl halides is 16. The Bertz CT molecular complexity index is 653. The maximum Gasteiger partial charge on any atom is 0.382 e. The molecule has 2 aliphatic rings. The molecule has 2 atom stereocenters. The van der Waals surface area contributed by atoms with Crippen LogP contribution in [-0.2, 0) is 0 Å². The fraction of sp³-hybridized carbons (Fsp3) is 0.900. The third kappa shape index (κ3) is 1.53. The molecule has 2 unspecified atom stereocenters. The lowest BCUT2D eigenvalue weighted by molar-refractivity contribution is -0.521. The van der Waals surface area contributed by atoms with E-state index in [4.69, 9.17) is 0 Å². The molecule has 0 saturated heterocycles. The van der Waals surface area contributed by atoms with Crippen LogP contribution in [0.25, 0.3) is 0 Å². The molecule has 0 bridgehead atoms. The van der Waals surface area contributed by atoms with Gasteiger partial charge < -0.3 is 0 Å². The Morgan fingerprint density at radius 3 is 1.04 bits per heavy atom. The maximum absolute atomic E-state index is 14.1. The molecule has 0 N–H and O–H groups in total. The summed E-state index contributed by atoms with van der Waals surface area (Å²) in [5.74, 6) is -56.0. The molecular weight excluding hydrogens is 443 g/mol. The molecule has 0 aromatic rings. The van der Waals surface area contributed by atoms with Crippen LogP contribution in [0.3, 0.4) is 0 Å². The molecule has 1 radical (unpaired) electrons. The van der Waals surface area contributed by atoms with Gasteiger partial charge in [0.25, 0.3) is 17.5 Å². The topological polar surface area (TPSA) is 0 Å². The molecule has 0 nitrogen and oxygen atoms in total. The van der Waals surface area contributed by atoms with E-state index >= 15 is 0 Å². The number of hydrogen-bond donors (Lipinski definition) is 0. The molecule has 2 saturated carbocycles. The molecule has 159 valence electrons.